The zero-order chi connectivity index (χ0) is 102. The van der Waals surface area contributed by atoms with Crippen LogP contribution in [0.5, 0.6) is 0 Å². The standard InChI is InChI=1S/C26H39FN2O2.C17H31NO.C16H30N2O.C13H17NO2.C13H22O2.C12H21NO2.C12H15NO2.C7H13NO2.CH4/c1-19(18-20-10-12-22(27)13-11-20)23(30)29-16-14-26(15-17-29,21-8-6-5-7-9-21)24(31)28-25(2,3)4;1-16(2,3)18-15(19)17(12-8-5-9-13-17)14-10-6-4-7-11-14;1-15(2,3)18-14(19)16(9-11-17-12-10-16)13-7-5-4-6-8-13;1-14-9-7-13(8-10-14,12(15)16)11-5-3-2-4-6-11;14-12(15)13(9-5-2-6-10-13)11-7-3-1-4-8-11;2*14-11(15)12(6-8-13-9-7-12)10-4-2-1-3-5-10;1-8-4-2-3-6(5-8)7(9)10;/h10-13,19,21H,5-9,14-18H2,1-4H3,(H,28,31);14H,4-13H2,1-3H3,(H,18,19);13,17H,4-12H2,1-3H3,(H,18,19);2-6H,7-10H2,1H3,(H,15,16);11H,1-10H2,(H,14,15);10,13H,1-9H2,(H,14,15);1-5,13H,6-9H2,(H,14,15);6H,2-5H2,1H3,(H,9,10);1H4/t19-;;;;;;;6-;/m1......0./s1. The first-order chi connectivity index (χ1) is 66.6. The number of rotatable bonds is 18. The van der Waals surface area contributed by atoms with Gasteiger partial charge in [-0.2, -0.15) is 0 Å². The van der Waals surface area contributed by atoms with E-state index in [4.69, 9.17) is 5.11 Å². The van der Waals surface area contributed by atoms with Gasteiger partial charge in [0.15, 0.2) is 0 Å². The van der Waals surface area contributed by atoms with E-state index in [-0.39, 0.29) is 75.2 Å². The van der Waals surface area contributed by atoms with E-state index in [1.54, 1.807) is 12.1 Å². The molecule has 7 aliphatic carbocycles. The number of aliphatic carboxylic acids is 5. The summed E-state index contributed by atoms with van der Waals surface area (Å²) in [5.41, 5.74) is -0.204. The Balaban J connectivity index is 0.000000201. The van der Waals surface area contributed by atoms with Crippen molar-refractivity contribution in [3.8, 4) is 0 Å². The Bertz CT molecular complexity index is 4110. The van der Waals surface area contributed by atoms with E-state index < -0.39 is 46.1 Å². The van der Waals surface area contributed by atoms with Crippen LogP contribution >= 0.6 is 0 Å². The molecule has 16 rings (SSSR count). The highest BCUT2D eigenvalue weighted by atomic mass is 19.1. The van der Waals surface area contributed by atoms with Crippen molar-refractivity contribution in [1.82, 2.24) is 46.6 Å². The number of halogens is 1. The second-order valence-corrected chi connectivity index (χ2v) is 47.9. The molecule has 3 aromatic carbocycles. The molecule has 6 saturated heterocycles. The van der Waals surface area contributed by atoms with Crippen molar-refractivity contribution in [2.75, 3.05) is 92.6 Å². The first kappa shape index (κ1) is 119. The topological polar surface area (TPSA) is 337 Å². The zero-order valence-corrected chi connectivity index (χ0v) is 88.7. The predicted octanol–water partition coefficient (Wildman–Crippen LogP) is 22.2. The highest BCUT2D eigenvalue weighted by Crippen LogP contribution is 2.53. The van der Waals surface area contributed by atoms with Gasteiger partial charge in [-0.25, -0.2) is 4.39 Å². The second-order valence-electron chi connectivity index (χ2n) is 47.9. The average molecular weight is 1970 g/mol. The highest BCUT2D eigenvalue weighted by molar-refractivity contribution is 5.87. The van der Waals surface area contributed by atoms with Gasteiger partial charge in [-0.1, -0.05) is 222 Å². The summed E-state index contributed by atoms with van der Waals surface area (Å²) in [6, 6.07) is 25.6. The number of carboxylic acids is 5. The molecule has 6 aliphatic heterocycles. The Morgan fingerprint density at radius 3 is 0.965 bits per heavy atom. The third kappa shape index (κ3) is 34.1. The summed E-state index contributed by atoms with van der Waals surface area (Å²) in [6.07, 6.45) is 52.9. The number of carbonyl (C=O) groups excluding carboxylic acids is 4. The summed E-state index contributed by atoms with van der Waals surface area (Å²) >= 11 is 0. The molecule has 7 saturated carbocycles. The van der Waals surface area contributed by atoms with Crippen LogP contribution in [0, 0.1) is 74.3 Å². The van der Waals surface area contributed by atoms with Crippen LogP contribution in [0.1, 0.15) is 395 Å². The van der Waals surface area contributed by atoms with Gasteiger partial charge in [-0.05, 0) is 367 Å². The predicted molar refractivity (Wildman–Crippen MR) is 564 cm³/mol. The van der Waals surface area contributed by atoms with Crippen molar-refractivity contribution in [3.05, 3.63) is 107 Å². The van der Waals surface area contributed by atoms with Crippen molar-refractivity contribution in [1.29, 1.82) is 0 Å². The molecular weight excluding hydrogens is 1770 g/mol. The van der Waals surface area contributed by atoms with Crippen molar-refractivity contribution in [3.63, 3.8) is 0 Å². The van der Waals surface area contributed by atoms with E-state index in [0.717, 1.165) is 211 Å². The van der Waals surface area contributed by atoms with Crippen LogP contribution in [0.3, 0.4) is 0 Å². The molecule has 13 aliphatic rings. The Kier molecular flexibility index (Phi) is 47.6. The summed E-state index contributed by atoms with van der Waals surface area (Å²) in [5, 5.41) is 66.3. The number of carboxylic acid groups (broad SMARTS) is 5. The van der Waals surface area contributed by atoms with Gasteiger partial charge in [0.1, 0.15) is 5.82 Å². The van der Waals surface area contributed by atoms with E-state index in [2.05, 4.69) is 83.2 Å². The van der Waals surface area contributed by atoms with Crippen LogP contribution in [-0.2, 0) is 60.4 Å². The number of hydrogen-bond donors (Lipinski definition) is 11. The van der Waals surface area contributed by atoms with Crippen molar-refractivity contribution in [2.45, 2.75) is 412 Å². The number of nitrogens with zero attached hydrogens (tertiary/aromatic N) is 3. The number of nitrogens with one attached hydrogen (secondary N) is 6. The van der Waals surface area contributed by atoms with E-state index >= 15 is 0 Å². The number of amides is 4. The van der Waals surface area contributed by atoms with E-state index in [1.807, 2.05) is 107 Å². The van der Waals surface area contributed by atoms with Gasteiger partial charge < -0.3 is 72.1 Å². The van der Waals surface area contributed by atoms with E-state index in [9.17, 15) is 68.0 Å². The normalized spacial score (nSPS) is 23.6. The largest absolute Gasteiger partial charge is 0.481 e. The minimum atomic E-state index is -0.699. The number of likely N-dealkylation sites (tertiary alicyclic amines) is 3. The lowest BCUT2D eigenvalue weighted by Crippen LogP contribution is -2.57. The summed E-state index contributed by atoms with van der Waals surface area (Å²) in [4.78, 5) is 115. The molecule has 0 bridgehead atoms. The third-order valence-electron chi connectivity index (χ3n) is 34.7. The monoisotopic (exact) mass is 1970 g/mol. The zero-order valence-electron chi connectivity index (χ0n) is 88.7. The molecule has 0 spiro atoms. The van der Waals surface area contributed by atoms with Crippen molar-refractivity contribution < 1.29 is 73.1 Å². The molecule has 11 N–H and O–H groups in total. The average Bonchev–Trinajstić information content (AvgIpc) is 0.769. The van der Waals surface area contributed by atoms with E-state index in [0.29, 0.717) is 86.6 Å². The van der Waals surface area contributed by atoms with Crippen molar-refractivity contribution in [2.24, 2.45) is 68.5 Å². The minimum absolute atomic E-state index is 0. The van der Waals surface area contributed by atoms with Gasteiger partial charge >= 0.3 is 29.8 Å². The molecule has 796 valence electrons. The molecule has 141 heavy (non-hydrogen) atoms. The van der Waals surface area contributed by atoms with Crippen LogP contribution in [-0.4, -0.2) is 203 Å². The molecule has 0 radical (unpaired) electrons. The molecule has 0 aromatic heterocycles. The maximum atomic E-state index is 13.5. The smallest absolute Gasteiger partial charge is 0.314 e. The lowest BCUT2D eigenvalue weighted by molar-refractivity contribution is -0.157. The van der Waals surface area contributed by atoms with Crippen LogP contribution < -0.4 is 31.9 Å². The highest BCUT2D eigenvalue weighted by Gasteiger charge is 2.54. The Hall–Kier alpha value is -7.38. The molecule has 2 atom stereocenters. The summed E-state index contributed by atoms with van der Waals surface area (Å²) in [7, 11) is 4.01. The van der Waals surface area contributed by atoms with Gasteiger partial charge in [0.25, 0.3) is 0 Å². The maximum Gasteiger partial charge on any atom is 0.314 e. The minimum Gasteiger partial charge on any atom is -0.481 e. The third-order valence-corrected chi connectivity index (χ3v) is 34.7. The SMILES string of the molecule is C.CC(C)(C)NC(=O)C1(C2CCCCC2)CCCCC1.CC(C)(C)NC(=O)C1(C2CCCCC2)CCNCC1.CN1CCC(C(=O)O)(c2ccccc2)CC1.CN1CCC[C@H](C(=O)O)C1.C[C@H](Cc1ccc(F)cc1)C(=O)N1CCC(C(=O)NC(C)(C)C)(C2CCCCC2)CC1.O=C(O)C1(C2CCCCC2)CCCCC1.O=C(O)C1(C2CCCCC2)CCNCC1.O=C(O)C1(c2ccccc2)CCNCC1. The van der Waals surface area contributed by atoms with Crippen LogP contribution in [0.25, 0.3) is 0 Å². The lowest BCUT2D eigenvalue weighted by atomic mass is 9.61. The number of carbonyl (C=O) groups is 9. The van der Waals surface area contributed by atoms with Gasteiger partial charge in [0, 0.05) is 42.2 Å². The van der Waals surface area contributed by atoms with Crippen LogP contribution in [0.2, 0.25) is 0 Å². The Labute approximate surface area is 849 Å². The second kappa shape index (κ2) is 56.5. The van der Waals surface area contributed by atoms with Gasteiger partial charge in [0.2, 0.25) is 23.6 Å². The van der Waals surface area contributed by atoms with Gasteiger partial charge in [-0.15, -0.1) is 0 Å². The Morgan fingerprint density at radius 2 is 0.645 bits per heavy atom. The number of benzene rings is 3. The number of piperidine rings is 6. The molecule has 23 nitrogen and oxygen atoms in total. The van der Waals surface area contributed by atoms with Gasteiger partial charge in [0.05, 0.1) is 43.8 Å². The molecule has 24 heteroatoms. The summed E-state index contributed by atoms with van der Waals surface area (Å²) in [6.45, 7) is 30.6. The first-order valence-electron chi connectivity index (χ1n) is 55.4. The molecule has 0 unspecified atom stereocenters. The molecule has 4 amide bonds. The molecule has 6 heterocycles. The summed E-state index contributed by atoms with van der Waals surface area (Å²) in [5.74, 6) is -0.0714. The molecular formula is C117H192FN9O14. The quantitative estimate of drug-likeness (QED) is 0.0563. The first-order valence-corrected chi connectivity index (χ1v) is 55.4. The molecule has 13 fully saturated rings. The van der Waals surface area contributed by atoms with Crippen molar-refractivity contribution >= 4 is 53.5 Å². The summed E-state index contributed by atoms with van der Waals surface area (Å²) < 4.78 is 13.2. The maximum absolute atomic E-state index is 13.5. The fourth-order valence-corrected chi connectivity index (χ4v) is 26.3. The Morgan fingerprint density at radius 1 is 0.348 bits per heavy atom. The fourth-order valence-electron chi connectivity index (χ4n) is 26.3. The van der Waals surface area contributed by atoms with Gasteiger partial charge in [-0.3, -0.25) is 43.2 Å². The van der Waals surface area contributed by atoms with E-state index in [1.165, 1.54) is 160 Å². The molecule has 3 aromatic rings. The van der Waals surface area contributed by atoms with Crippen LogP contribution in [0.15, 0.2) is 84.9 Å². The number of hydrogen-bond acceptors (Lipinski definition) is 14. The lowest BCUT2D eigenvalue weighted by Gasteiger charge is -2.48. The fraction of sp³-hybridized carbons (Fsp3) is 0.769. The van der Waals surface area contributed by atoms with Crippen LogP contribution in [0.4, 0.5) is 4.39 Å².